The highest BCUT2D eigenvalue weighted by molar-refractivity contribution is 7.92. The highest BCUT2D eigenvalue weighted by atomic mass is 35.5. The molecule has 3 aromatic carbocycles. The Hall–Kier alpha value is -3.11. The van der Waals surface area contributed by atoms with Gasteiger partial charge in [0.05, 0.1) is 20.6 Å². The molecule has 168 valence electrons. The Kier molecular flexibility index (Phi) is 6.57. The Morgan fingerprint density at radius 2 is 1.42 bits per heavy atom. The SMILES string of the molecule is O=C(NNC(=O)c1sc2ccccc2c1Cl)c1ccc(S(=O)(=O)Nc2ccccc2Cl)cc1. The van der Waals surface area contributed by atoms with Crippen LogP contribution in [0.1, 0.15) is 20.0 Å². The minimum Gasteiger partial charge on any atom is -0.278 e. The van der Waals surface area contributed by atoms with E-state index in [-0.39, 0.29) is 26.0 Å². The van der Waals surface area contributed by atoms with Crippen LogP contribution < -0.4 is 15.6 Å². The molecule has 0 radical (unpaired) electrons. The van der Waals surface area contributed by atoms with Crippen LogP contribution in [0.2, 0.25) is 10.0 Å². The largest absolute Gasteiger partial charge is 0.281 e. The van der Waals surface area contributed by atoms with Gasteiger partial charge >= 0.3 is 0 Å². The van der Waals surface area contributed by atoms with Crippen molar-refractivity contribution in [1.82, 2.24) is 10.9 Å². The summed E-state index contributed by atoms with van der Waals surface area (Å²) in [7, 11) is -3.91. The first-order valence-electron chi connectivity index (χ1n) is 9.41. The number of nitrogens with one attached hydrogen (secondary N) is 3. The van der Waals surface area contributed by atoms with Crippen molar-refractivity contribution in [1.29, 1.82) is 0 Å². The molecule has 11 heteroatoms. The summed E-state index contributed by atoms with van der Waals surface area (Å²) in [4.78, 5) is 25.1. The maximum atomic E-state index is 12.6. The van der Waals surface area contributed by atoms with Crippen LogP contribution in [0.5, 0.6) is 0 Å². The number of thiophene rings is 1. The van der Waals surface area contributed by atoms with E-state index in [0.717, 1.165) is 10.1 Å². The summed E-state index contributed by atoms with van der Waals surface area (Å²) in [6.45, 7) is 0. The van der Waals surface area contributed by atoms with E-state index in [9.17, 15) is 18.0 Å². The van der Waals surface area contributed by atoms with Crippen molar-refractivity contribution >= 4 is 72.1 Å². The van der Waals surface area contributed by atoms with Crippen LogP contribution in [0.3, 0.4) is 0 Å². The molecular weight excluding hydrogens is 505 g/mol. The van der Waals surface area contributed by atoms with E-state index in [0.29, 0.717) is 5.02 Å². The molecule has 3 N–H and O–H groups in total. The second-order valence-electron chi connectivity index (χ2n) is 6.76. The van der Waals surface area contributed by atoms with Gasteiger partial charge in [-0.3, -0.25) is 25.2 Å². The van der Waals surface area contributed by atoms with E-state index in [2.05, 4.69) is 15.6 Å². The number of carbonyl (C=O) groups is 2. The van der Waals surface area contributed by atoms with Gasteiger partial charge < -0.3 is 0 Å². The lowest BCUT2D eigenvalue weighted by Gasteiger charge is -2.10. The smallest absolute Gasteiger partial charge is 0.278 e. The fourth-order valence-electron chi connectivity index (χ4n) is 2.94. The van der Waals surface area contributed by atoms with Crippen LogP contribution in [0.25, 0.3) is 10.1 Å². The molecule has 0 unspecified atom stereocenters. The number of hydrogen-bond donors (Lipinski definition) is 3. The third-order valence-corrected chi connectivity index (χ3v) is 7.96. The number of anilines is 1. The Morgan fingerprint density at radius 1 is 0.788 bits per heavy atom. The average Bonchev–Trinajstić information content (AvgIpc) is 3.15. The van der Waals surface area contributed by atoms with Gasteiger partial charge in [-0.05, 0) is 42.5 Å². The molecule has 4 rings (SSSR count). The van der Waals surface area contributed by atoms with Gasteiger partial charge in [0.15, 0.2) is 0 Å². The summed E-state index contributed by atoms with van der Waals surface area (Å²) in [6, 6.07) is 18.9. The zero-order valence-electron chi connectivity index (χ0n) is 16.6. The van der Waals surface area contributed by atoms with Crippen molar-refractivity contribution in [3.05, 3.63) is 93.3 Å². The average molecular weight is 520 g/mol. The van der Waals surface area contributed by atoms with Gasteiger partial charge in [-0.15, -0.1) is 11.3 Å². The lowest BCUT2D eigenvalue weighted by atomic mass is 10.2. The van der Waals surface area contributed by atoms with Crippen molar-refractivity contribution < 1.29 is 18.0 Å². The maximum absolute atomic E-state index is 12.6. The van der Waals surface area contributed by atoms with Crippen LogP contribution in [-0.2, 0) is 10.0 Å². The molecule has 0 atom stereocenters. The van der Waals surface area contributed by atoms with Crippen LogP contribution in [0.4, 0.5) is 5.69 Å². The first kappa shape index (κ1) is 23.1. The van der Waals surface area contributed by atoms with Gasteiger partial charge in [0.25, 0.3) is 21.8 Å². The molecular formula is C22H15Cl2N3O4S2. The van der Waals surface area contributed by atoms with E-state index >= 15 is 0 Å². The Balaban J connectivity index is 1.42. The van der Waals surface area contributed by atoms with Crippen molar-refractivity contribution in [2.75, 3.05) is 4.72 Å². The fraction of sp³-hybridized carbons (Fsp3) is 0. The molecule has 0 bridgehead atoms. The maximum Gasteiger partial charge on any atom is 0.281 e. The normalized spacial score (nSPS) is 11.2. The number of para-hydroxylation sites is 1. The predicted molar refractivity (Wildman–Crippen MR) is 130 cm³/mol. The molecule has 0 saturated carbocycles. The number of fused-ring (bicyclic) bond motifs is 1. The molecule has 7 nitrogen and oxygen atoms in total. The fourth-order valence-corrected chi connectivity index (χ4v) is 5.67. The van der Waals surface area contributed by atoms with E-state index in [1.54, 1.807) is 24.3 Å². The van der Waals surface area contributed by atoms with Crippen LogP contribution in [-0.4, -0.2) is 20.2 Å². The minimum atomic E-state index is -3.91. The molecule has 2 amide bonds. The molecule has 1 heterocycles. The van der Waals surface area contributed by atoms with Crippen molar-refractivity contribution in [2.24, 2.45) is 0 Å². The van der Waals surface area contributed by atoms with Crippen LogP contribution in [0, 0.1) is 0 Å². The number of halogens is 2. The molecule has 0 aliphatic heterocycles. The monoisotopic (exact) mass is 519 g/mol. The number of hydrazine groups is 1. The Morgan fingerprint density at radius 3 is 2.12 bits per heavy atom. The molecule has 0 fully saturated rings. The number of hydrogen-bond acceptors (Lipinski definition) is 5. The third kappa shape index (κ3) is 4.96. The Bertz CT molecular complexity index is 1470. The van der Waals surface area contributed by atoms with E-state index in [1.165, 1.54) is 41.7 Å². The first-order valence-corrected chi connectivity index (χ1v) is 12.5. The number of sulfonamides is 1. The zero-order valence-corrected chi connectivity index (χ0v) is 19.8. The van der Waals surface area contributed by atoms with Gasteiger partial charge in [-0.25, -0.2) is 8.42 Å². The number of carbonyl (C=O) groups excluding carboxylic acids is 2. The van der Waals surface area contributed by atoms with Gasteiger partial charge in [-0.2, -0.15) is 0 Å². The standard InChI is InChI=1S/C22H15Cl2N3O4S2/c23-16-6-2-3-7-17(16)27-33(30,31)14-11-9-13(10-12-14)21(28)25-26-22(29)20-19(24)15-5-1-4-8-18(15)32-20/h1-12,27H,(H,25,28)(H,26,29). The first-order chi connectivity index (χ1) is 15.8. The summed E-state index contributed by atoms with van der Waals surface area (Å²) in [5, 5.41) is 1.32. The molecule has 4 aromatic rings. The summed E-state index contributed by atoms with van der Waals surface area (Å²) < 4.78 is 28.4. The number of benzene rings is 3. The Labute approximate surface area is 203 Å². The van der Waals surface area contributed by atoms with Crippen LogP contribution >= 0.6 is 34.5 Å². The van der Waals surface area contributed by atoms with Crippen LogP contribution in [0.15, 0.2) is 77.7 Å². The molecule has 33 heavy (non-hydrogen) atoms. The summed E-state index contributed by atoms with van der Waals surface area (Å²) in [5.41, 5.74) is 5.01. The highest BCUT2D eigenvalue weighted by Crippen LogP contribution is 2.34. The lowest BCUT2D eigenvalue weighted by molar-refractivity contribution is 0.0849. The molecule has 0 aliphatic carbocycles. The highest BCUT2D eigenvalue weighted by Gasteiger charge is 2.19. The van der Waals surface area contributed by atoms with Crippen molar-refractivity contribution in [3.8, 4) is 0 Å². The lowest BCUT2D eigenvalue weighted by Crippen LogP contribution is -2.41. The predicted octanol–water partition coefficient (Wildman–Crippen LogP) is 5.08. The van der Waals surface area contributed by atoms with E-state index in [1.807, 2.05) is 18.2 Å². The van der Waals surface area contributed by atoms with Gasteiger partial charge in [0.2, 0.25) is 0 Å². The second-order valence-corrected chi connectivity index (χ2v) is 10.3. The second kappa shape index (κ2) is 9.40. The quantitative estimate of drug-likeness (QED) is 0.319. The van der Waals surface area contributed by atoms with Gasteiger partial charge in [0.1, 0.15) is 4.88 Å². The number of rotatable bonds is 5. The zero-order chi connectivity index (χ0) is 23.6. The molecule has 0 spiro atoms. The summed E-state index contributed by atoms with van der Waals surface area (Å²) in [6.07, 6.45) is 0. The third-order valence-electron chi connectivity index (χ3n) is 4.58. The van der Waals surface area contributed by atoms with E-state index < -0.39 is 21.8 Å². The van der Waals surface area contributed by atoms with Gasteiger partial charge in [0, 0.05) is 15.6 Å². The molecule has 0 saturated heterocycles. The van der Waals surface area contributed by atoms with Gasteiger partial charge in [-0.1, -0.05) is 53.5 Å². The minimum absolute atomic E-state index is 0.0555. The topological polar surface area (TPSA) is 104 Å². The van der Waals surface area contributed by atoms with E-state index in [4.69, 9.17) is 23.2 Å². The summed E-state index contributed by atoms with van der Waals surface area (Å²) in [5.74, 6) is -1.18. The molecule has 0 aliphatic rings. The molecule has 1 aromatic heterocycles. The summed E-state index contributed by atoms with van der Waals surface area (Å²) >= 11 is 13.5. The number of amides is 2. The van der Waals surface area contributed by atoms with Crippen molar-refractivity contribution in [3.63, 3.8) is 0 Å². The van der Waals surface area contributed by atoms with Crippen molar-refractivity contribution in [2.45, 2.75) is 4.90 Å².